The molecule has 2 atom stereocenters. The molecule has 2 heterocycles. The Morgan fingerprint density at radius 1 is 1.32 bits per heavy atom. The van der Waals surface area contributed by atoms with Crippen LogP contribution in [0, 0.1) is 12.8 Å². The third kappa shape index (κ3) is 5.07. The first-order valence-electron chi connectivity index (χ1n) is 8.80. The quantitative estimate of drug-likeness (QED) is 0.537. The largest absolute Gasteiger partial charge is 0.353 e. The lowest BCUT2D eigenvalue weighted by Gasteiger charge is -2.10. The molecule has 0 aliphatic rings. The number of aryl methyl sites for hydroxylation is 1. The predicted octanol–water partition coefficient (Wildman–Crippen LogP) is 3.89. The maximum atomic E-state index is 12.6. The monoisotopic (exact) mass is 381 g/mol. The van der Waals surface area contributed by atoms with Crippen molar-refractivity contribution in [3.05, 3.63) is 20.8 Å². The zero-order valence-corrected chi connectivity index (χ0v) is 17.2. The predicted molar refractivity (Wildman–Crippen MR) is 107 cm³/mol. The van der Waals surface area contributed by atoms with Crippen LogP contribution in [0.15, 0.2) is 9.95 Å². The molecule has 0 saturated heterocycles. The van der Waals surface area contributed by atoms with E-state index in [2.05, 4.69) is 36.1 Å². The van der Waals surface area contributed by atoms with Gasteiger partial charge in [-0.25, -0.2) is 4.98 Å². The van der Waals surface area contributed by atoms with E-state index in [0.29, 0.717) is 11.1 Å². The smallest absolute Gasteiger partial charge is 0.260 e. The number of nitrogens with zero attached hydrogens (tertiary/aromatic N) is 1. The summed E-state index contributed by atoms with van der Waals surface area (Å²) in [5.41, 5.74) is 1.02. The van der Waals surface area contributed by atoms with E-state index in [-0.39, 0.29) is 23.3 Å². The minimum Gasteiger partial charge on any atom is -0.353 e. The van der Waals surface area contributed by atoms with Crippen molar-refractivity contribution in [1.29, 1.82) is 0 Å². The topological polar surface area (TPSA) is 74.8 Å². The molecular formula is C18H27N3O2S2. The number of hydrogen-bond acceptors (Lipinski definition) is 5. The molecule has 1 amide bonds. The van der Waals surface area contributed by atoms with Crippen molar-refractivity contribution < 1.29 is 4.79 Å². The SMILES string of the molecule is CC[C@@H](C)Cc1c(C)sc2nc(SCC(=O)N[C@@H](C)CC)[nH]c(=O)c12. The van der Waals surface area contributed by atoms with Gasteiger partial charge in [-0.15, -0.1) is 11.3 Å². The first-order chi connectivity index (χ1) is 11.8. The van der Waals surface area contributed by atoms with Gasteiger partial charge in [0, 0.05) is 10.9 Å². The van der Waals surface area contributed by atoms with Gasteiger partial charge in [-0.1, -0.05) is 39.0 Å². The van der Waals surface area contributed by atoms with Crippen LogP contribution in [-0.4, -0.2) is 27.7 Å². The summed E-state index contributed by atoms with van der Waals surface area (Å²) in [6, 6.07) is 0.158. The molecular weight excluding hydrogens is 354 g/mol. The van der Waals surface area contributed by atoms with Gasteiger partial charge in [-0.2, -0.15) is 0 Å². The van der Waals surface area contributed by atoms with Crippen LogP contribution in [0.5, 0.6) is 0 Å². The minimum absolute atomic E-state index is 0.0399. The van der Waals surface area contributed by atoms with Crippen LogP contribution in [0.25, 0.3) is 10.2 Å². The molecule has 5 nitrogen and oxygen atoms in total. The zero-order valence-electron chi connectivity index (χ0n) is 15.6. The van der Waals surface area contributed by atoms with Gasteiger partial charge in [-0.05, 0) is 38.2 Å². The first kappa shape index (κ1) is 20.0. The molecule has 2 rings (SSSR count). The van der Waals surface area contributed by atoms with Crippen molar-refractivity contribution in [3.63, 3.8) is 0 Å². The fourth-order valence-corrected chi connectivity index (χ4v) is 4.30. The van der Waals surface area contributed by atoms with E-state index in [1.807, 2.05) is 13.8 Å². The Balaban J connectivity index is 2.19. The van der Waals surface area contributed by atoms with Crippen LogP contribution in [0.4, 0.5) is 0 Å². The molecule has 0 fully saturated rings. The number of thioether (sulfide) groups is 1. The molecule has 0 spiro atoms. The van der Waals surface area contributed by atoms with Crippen LogP contribution in [0.1, 0.15) is 51.0 Å². The Morgan fingerprint density at radius 2 is 2.04 bits per heavy atom. The van der Waals surface area contributed by atoms with Crippen molar-refractivity contribution in [2.24, 2.45) is 5.92 Å². The molecule has 7 heteroatoms. The van der Waals surface area contributed by atoms with Gasteiger partial charge < -0.3 is 10.3 Å². The molecule has 2 N–H and O–H groups in total. The standard InChI is InChI=1S/C18H27N3O2S2/c1-6-10(3)8-13-12(5)25-17-15(13)16(23)20-18(21-17)24-9-14(22)19-11(4)7-2/h10-11H,6-9H2,1-5H3,(H,19,22)(H,20,21,23)/t10-,11+/m1/s1. The summed E-state index contributed by atoms with van der Waals surface area (Å²) >= 11 is 2.83. The maximum Gasteiger partial charge on any atom is 0.260 e. The van der Waals surface area contributed by atoms with Crippen molar-refractivity contribution >= 4 is 39.2 Å². The number of thiophene rings is 1. The highest BCUT2D eigenvalue weighted by Crippen LogP contribution is 2.30. The number of carbonyl (C=O) groups excluding carboxylic acids is 1. The second-order valence-electron chi connectivity index (χ2n) is 6.57. The molecule has 0 unspecified atom stereocenters. The normalized spacial score (nSPS) is 13.8. The fourth-order valence-electron chi connectivity index (χ4n) is 2.51. The van der Waals surface area contributed by atoms with Gasteiger partial charge in [-0.3, -0.25) is 9.59 Å². The van der Waals surface area contributed by atoms with Crippen molar-refractivity contribution in [1.82, 2.24) is 15.3 Å². The van der Waals surface area contributed by atoms with E-state index in [9.17, 15) is 9.59 Å². The number of nitrogens with one attached hydrogen (secondary N) is 2. The summed E-state index contributed by atoms with van der Waals surface area (Å²) in [5.74, 6) is 0.749. The minimum atomic E-state index is -0.0995. The van der Waals surface area contributed by atoms with Crippen molar-refractivity contribution in [2.75, 3.05) is 5.75 Å². The summed E-state index contributed by atoms with van der Waals surface area (Å²) < 4.78 is 0. The molecule has 2 aromatic heterocycles. The highest BCUT2D eigenvalue weighted by atomic mass is 32.2. The zero-order chi connectivity index (χ0) is 18.6. The van der Waals surface area contributed by atoms with E-state index >= 15 is 0 Å². The lowest BCUT2D eigenvalue weighted by atomic mass is 9.98. The summed E-state index contributed by atoms with van der Waals surface area (Å²) in [6.45, 7) is 10.4. The Labute approximate surface area is 157 Å². The van der Waals surface area contributed by atoms with Crippen LogP contribution in [0.2, 0.25) is 0 Å². The Morgan fingerprint density at radius 3 is 2.68 bits per heavy atom. The second kappa shape index (κ2) is 8.85. The van der Waals surface area contributed by atoms with Crippen molar-refractivity contribution in [3.8, 4) is 0 Å². The number of amides is 1. The number of hydrogen-bond donors (Lipinski definition) is 2. The van der Waals surface area contributed by atoms with Crippen LogP contribution in [-0.2, 0) is 11.2 Å². The molecule has 0 aromatic carbocycles. The summed E-state index contributed by atoms with van der Waals surface area (Å²) in [7, 11) is 0. The third-order valence-electron chi connectivity index (χ3n) is 4.45. The van der Waals surface area contributed by atoms with Crippen LogP contribution < -0.4 is 10.9 Å². The number of rotatable bonds is 8. The van der Waals surface area contributed by atoms with Crippen LogP contribution >= 0.6 is 23.1 Å². The summed E-state index contributed by atoms with van der Waals surface area (Å²) in [4.78, 5) is 33.8. The number of carbonyl (C=O) groups is 1. The lowest BCUT2D eigenvalue weighted by Crippen LogP contribution is -2.33. The van der Waals surface area contributed by atoms with E-state index in [0.717, 1.165) is 39.9 Å². The van der Waals surface area contributed by atoms with E-state index in [1.54, 1.807) is 11.3 Å². The van der Waals surface area contributed by atoms with Gasteiger partial charge in [0.25, 0.3) is 5.56 Å². The molecule has 0 aliphatic carbocycles. The Kier molecular flexibility index (Phi) is 7.07. The molecule has 25 heavy (non-hydrogen) atoms. The number of aromatic nitrogens is 2. The lowest BCUT2D eigenvalue weighted by molar-refractivity contribution is -0.119. The molecule has 0 aliphatic heterocycles. The molecule has 2 aromatic rings. The summed E-state index contributed by atoms with van der Waals surface area (Å²) in [6.07, 6.45) is 2.88. The highest BCUT2D eigenvalue weighted by molar-refractivity contribution is 7.99. The van der Waals surface area contributed by atoms with Crippen LogP contribution in [0.3, 0.4) is 0 Å². The van der Waals surface area contributed by atoms with Gasteiger partial charge >= 0.3 is 0 Å². The fraction of sp³-hybridized carbons (Fsp3) is 0.611. The molecule has 0 saturated carbocycles. The van der Waals surface area contributed by atoms with E-state index in [4.69, 9.17) is 0 Å². The van der Waals surface area contributed by atoms with Gasteiger partial charge in [0.2, 0.25) is 5.91 Å². The third-order valence-corrected chi connectivity index (χ3v) is 6.36. The number of H-pyrrole nitrogens is 1. The van der Waals surface area contributed by atoms with Gasteiger partial charge in [0.05, 0.1) is 11.1 Å². The van der Waals surface area contributed by atoms with Gasteiger partial charge in [0.15, 0.2) is 5.16 Å². The average molecular weight is 382 g/mol. The highest BCUT2D eigenvalue weighted by Gasteiger charge is 2.17. The number of aromatic amines is 1. The average Bonchev–Trinajstić information content (AvgIpc) is 2.88. The molecule has 0 radical (unpaired) electrons. The van der Waals surface area contributed by atoms with Gasteiger partial charge in [0.1, 0.15) is 4.83 Å². The van der Waals surface area contributed by atoms with Crippen molar-refractivity contribution in [2.45, 2.75) is 65.1 Å². The Hall–Kier alpha value is -1.34. The summed E-state index contributed by atoms with van der Waals surface area (Å²) in [5, 5.41) is 4.14. The maximum absolute atomic E-state index is 12.6. The number of fused-ring (bicyclic) bond motifs is 1. The van der Waals surface area contributed by atoms with E-state index in [1.165, 1.54) is 11.8 Å². The molecule has 138 valence electrons. The first-order valence-corrected chi connectivity index (χ1v) is 10.6. The second-order valence-corrected chi connectivity index (χ2v) is 8.74. The molecule has 0 bridgehead atoms. The Bertz CT molecular complexity index is 797. The van der Waals surface area contributed by atoms with E-state index < -0.39 is 0 Å².